The zero-order valence-electron chi connectivity index (χ0n) is 11.9. The van der Waals surface area contributed by atoms with Crippen molar-refractivity contribution in [2.24, 2.45) is 4.99 Å². The largest absolute Gasteiger partial charge is 0.367 e. The smallest absolute Gasteiger partial charge is 0.191 e. The maximum absolute atomic E-state index is 6.04. The van der Waals surface area contributed by atoms with E-state index >= 15 is 0 Å². The zero-order valence-corrected chi connectivity index (χ0v) is 13.4. The highest BCUT2D eigenvalue weighted by molar-refractivity contribution is 6.35. The summed E-state index contributed by atoms with van der Waals surface area (Å²) in [5, 5.41) is 10.8. The Morgan fingerprint density at radius 3 is 2.76 bits per heavy atom. The lowest BCUT2D eigenvalue weighted by Gasteiger charge is -2.17. The van der Waals surface area contributed by atoms with E-state index in [2.05, 4.69) is 38.1 Å². The van der Waals surface area contributed by atoms with Gasteiger partial charge >= 0.3 is 0 Å². The molecule has 5 nitrogen and oxygen atoms in total. The summed E-state index contributed by atoms with van der Waals surface area (Å²) in [5.74, 6) is 1.44. The summed E-state index contributed by atoms with van der Waals surface area (Å²) in [6, 6.07) is 2.11. The lowest BCUT2D eigenvalue weighted by atomic mass is 10.2. The summed E-state index contributed by atoms with van der Waals surface area (Å²) in [4.78, 5) is 8.35. The molecule has 0 amide bonds. The van der Waals surface area contributed by atoms with Gasteiger partial charge in [-0.25, -0.2) is 4.98 Å². The van der Waals surface area contributed by atoms with Gasteiger partial charge in [-0.05, 0) is 18.9 Å². The van der Waals surface area contributed by atoms with Crippen LogP contribution in [-0.2, 0) is 0 Å². The average Bonchev–Trinajstić information content (AvgIpc) is 2.97. The van der Waals surface area contributed by atoms with Crippen LogP contribution in [-0.4, -0.2) is 37.1 Å². The third-order valence-corrected chi connectivity index (χ3v) is 3.58. The number of guanidine groups is 1. The molecular formula is C14H19Cl2N5. The van der Waals surface area contributed by atoms with E-state index in [-0.39, 0.29) is 0 Å². The molecule has 1 aliphatic carbocycles. The number of aromatic nitrogens is 1. The first-order valence-electron chi connectivity index (χ1n) is 6.86. The second-order valence-electron chi connectivity index (χ2n) is 4.69. The lowest BCUT2D eigenvalue weighted by Crippen LogP contribution is -2.43. The first-order chi connectivity index (χ1) is 10.2. The van der Waals surface area contributed by atoms with E-state index in [4.69, 9.17) is 23.2 Å². The second-order valence-corrected chi connectivity index (χ2v) is 5.54. The molecule has 1 aromatic heterocycles. The van der Waals surface area contributed by atoms with Crippen LogP contribution in [0, 0.1) is 0 Å². The fourth-order valence-corrected chi connectivity index (χ4v) is 2.48. The second kappa shape index (κ2) is 8.10. The Balaban J connectivity index is 1.70. The Bertz CT molecular complexity index is 522. The molecule has 3 N–H and O–H groups in total. The van der Waals surface area contributed by atoms with Gasteiger partial charge in [-0.2, -0.15) is 0 Å². The predicted octanol–water partition coefficient (Wildman–Crippen LogP) is 2.68. The highest BCUT2D eigenvalue weighted by Gasteiger charge is 2.11. The van der Waals surface area contributed by atoms with Crippen molar-refractivity contribution in [3.05, 3.63) is 34.5 Å². The van der Waals surface area contributed by atoms with Crippen LogP contribution in [0.5, 0.6) is 0 Å². The summed E-state index contributed by atoms with van der Waals surface area (Å²) in [6.07, 6.45) is 8.02. The summed E-state index contributed by atoms with van der Waals surface area (Å²) in [7, 11) is 1.77. The quantitative estimate of drug-likeness (QED) is 0.337. The van der Waals surface area contributed by atoms with Crippen LogP contribution in [0.4, 0.5) is 5.82 Å². The molecule has 0 bridgehead atoms. The number of hydrogen-bond acceptors (Lipinski definition) is 3. The molecule has 0 aliphatic heterocycles. The number of pyridine rings is 1. The molecule has 114 valence electrons. The maximum atomic E-state index is 6.04. The van der Waals surface area contributed by atoms with Gasteiger partial charge in [-0.1, -0.05) is 35.4 Å². The van der Waals surface area contributed by atoms with Gasteiger partial charge in [0.05, 0.1) is 10.0 Å². The van der Waals surface area contributed by atoms with Gasteiger partial charge in [0.1, 0.15) is 5.82 Å². The molecule has 1 heterocycles. The van der Waals surface area contributed by atoms with Gasteiger partial charge < -0.3 is 16.0 Å². The van der Waals surface area contributed by atoms with Crippen molar-refractivity contribution < 1.29 is 0 Å². The Hall–Kier alpha value is -1.46. The van der Waals surface area contributed by atoms with Crippen LogP contribution in [0.2, 0.25) is 10.0 Å². The Labute approximate surface area is 134 Å². The Morgan fingerprint density at radius 2 is 2.10 bits per heavy atom. The SMILES string of the molecule is CN=C(NCCNc1ncc(Cl)cc1Cl)NC1CC=CC1. The van der Waals surface area contributed by atoms with E-state index < -0.39 is 0 Å². The molecule has 21 heavy (non-hydrogen) atoms. The number of rotatable bonds is 5. The minimum Gasteiger partial charge on any atom is -0.367 e. The van der Waals surface area contributed by atoms with Crippen LogP contribution in [0.25, 0.3) is 0 Å². The van der Waals surface area contributed by atoms with Crippen LogP contribution in [0.3, 0.4) is 0 Å². The molecule has 0 saturated heterocycles. The van der Waals surface area contributed by atoms with Crippen LogP contribution in [0.15, 0.2) is 29.4 Å². The number of anilines is 1. The average molecular weight is 328 g/mol. The molecule has 7 heteroatoms. The first kappa shape index (κ1) is 15.9. The van der Waals surface area contributed by atoms with Crippen molar-refractivity contribution in [1.82, 2.24) is 15.6 Å². The fraction of sp³-hybridized carbons (Fsp3) is 0.429. The van der Waals surface area contributed by atoms with Gasteiger partial charge in [0.25, 0.3) is 0 Å². The van der Waals surface area contributed by atoms with Crippen molar-refractivity contribution in [1.29, 1.82) is 0 Å². The number of nitrogens with zero attached hydrogens (tertiary/aromatic N) is 2. The lowest BCUT2D eigenvalue weighted by molar-refractivity contribution is 0.634. The van der Waals surface area contributed by atoms with Gasteiger partial charge in [0.2, 0.25) is 0 Å². The number of hydrogen-bond donors (Lipinski definition) is 3. The van der Waals surface area contributed by atoms with Crippen molar-refractivity contribution in [2.45, 2.75) is 18.9 Å². The van der Waals surface area contributed by atoms with Crippen LogP contribution < -0.4 is 16.0 Å². The van der Waals surface area contributed by atoms with Crippen LogP contribution >= 0.6 is 23.2 Å². The van der Waals surface area contributed by atoms with E-state index in [9.17, 15) is 0 Å². The van der Waals surface area contributed by atoms with E-state index in [1.165, 1.54) is 0 Å². The van der Waals surface area contributed by atoms with Crippen LogP contribution in [0.1, 0.15) is 12.8 Å². The van der Waals surface area contributed by atoms with Crippen molar-refractivity contribution in [3.8, 4) is 0 Å². The fourth-order valence-electron chi connectivity index (χ4n) is 2.03. The van der Waals surface area contributed by atoms with Gasteiger partial charge in [0.15, 0.2) is 5.96 Å². The standard InChI is InChI=1S/C14H19Cl2N5/c1-17-14(21-11-4-2-3-5-11)19-7-6-18-13-12(16)8-10(15)9-20-13/h2-3,8-9,11H,4-7H2,1H3,(H,18,20)(H2,17,19,21). The molecule has 0 aromatic carbocycles. The third-order valence-electron chi connectivity index (χ3n) is 3.09. The summed E-state index contributed by atoms with van der Waals surface area (Å²) in [5.41, 5.74) is 0. The molecule has 0 unspecified atom stereocenters. The van der Waals surface area contributed by atoms with Crippen molar-refractivity contribution >= 4 is 35.0 Å². The Morgan fingerprint density at radius 1 is 1.33 bits per heavy atom. The molecule has 0 fully saturated rings. The van der Waals surface area contributed by atoms with Gasteiger partial charge in [-0.15, -0.1) is 0 Å². The topological polar surface area (TPSA) is 61.3 Å². The third kappa shape index (κ3) is 5.10. The van der Waals surface area contributed by atoms with E-state index in [0.29, 0.717) is 35.0 Å². The highest BCUT2D eigenvalue weighted by atomic mass is 35.5. The van der Waals surface area contributed by atoms with Gasteiger partial charge in [0, 0.05) is 32.4 Å². The monoisotopic (exact) mass is 327 g/mol. The van der Waals surface area contributed by atoms with Crippen molar-refractivity contribution in [3.63, 3.8) is 0 Å². The van der Waals surface area contributed by atoms with Gasteiger partial charge in [-0.3, -0.25) is 4.99 Å². The predicted molar refractivity (Wildman–Crippen MR) is 89.4 cm³/mol. The summed E-state index contributed by atoms with van der Waals surface area (Å²) >= 11 is 11.8. The molecule has 2 rings (SSSR count). The zero-order chi connectivity index (χ0) is 15.1. The normalized spacial score (nSPS) is 15.3. The molecular weight excluding hydrogens is 309 g/mol. The number of halogens is 2. The van der Waals surface area contributed by atoms with E-state index in [1.54, 1.807) is 19.3 Å². The maximum Gasteiger partial charge on any atom is 0.191 e. The number of aliphatic imine (C=N–C) groups is 1. The molecule has 0 spiro atoms. The molecule has 0 radical (unpaired) electrons. The summed E-state index contributed by atoms with van der Waals surface area (Å²) < 4.78 is 0. The molecule has 1 aliphatic rings. The van der Waals surface area contributed by atoms with Crippen molar-refractivity contribution in [2.75, 3.05) is 25.5 Å². The van der Waals surface area contributed by atoms with E-state index in [0.717, 1.165) is 18.8 Å². The molecule has 0 saturated carbocycles. The number of nitrogens with one attached hydrogen (secondary N) is 3. The minimum atomic E-state index is 0.441. The molecule has 1 aromatic rings. The molecule has 0 atom stereocenters. The summed E-state index contributed by atoms with van der Waals surface area (Å²) in [6.45, 7) is 1.39. The highest BCUT2D eigenvalue weighted by Crippen LogP contribution is 2.21. The van der Waals surface area contributed by atoms with E-state index in [1.807, 2.05) is 0 Å². The first-order valence-corrected chi connectivity index (χ1v) is 7.61. The Kier molecular flexibility index (Phi) is 6.14. The minimum absolute atomic E-state index is 0.441.